The van der Waals surface area contributed by atoms with Crippen LogP contribution in [0.15, 0.2) is 54.6 Å². The Morgan fingerprint density at radius 1 is 1.00 bits per heavy atom. The maximum atomic E-state index is 12.9. The number of carboxylic acid groups (broad SMARTS) is 1. The Labute approximate surface area is 249 Å². The van der Waals surface area contributed by atoms with Crippen LogP contribution in [0.4, 0.5) is 5.69 Å². The van der Waals surface area contributed by atoms with E-state index < -0.39 is 17.7 Å². The van der Waals surface area contributed by atoms with E-state index in [0.29, 0.717) is 23.4 Å². The summed E-state index contributed by atoms with van der Waals surface area (Å²) >= 11 is 0. The lowest BCUT2D eigenvalue weighted by molar-refractivity contribution is -0.160. The minimum absolute atomic E-state index is 0.141. The molecule has 1 amide bonds. The number of benzene rings is 2. The highest BCUT2D eigenvalue weighted by Gasteiger charge is 2.43. The first-order valence-corrected chi connectivity index (χ1v) is 15.1. The predicted octanol–water partition coefficient (Wildman–Crippen LogP) is 7.01. The lowest BCUT2D eigenvalue weighted by atomic mass is 9.85. The van der Waals surface area contributed by atoms with Crippen LogP contribution in [0.25, 0.3) is 11.1 Å². The number of aliphatic carboxylic acids is 1. The maximum absolute atomic E-state index is 12.9. The number of hydrogen-bond acceptors (Lipinski definition) is 5. The molecule has 0 radical (unpaired) electrons. The van der Waals surface area contributed by atoms with E-state index in [2.05, 4.69) is 10.2 Å². The van der Waals surface area contributed by atoms with Gasteiger partial charge in [-0.15, -0.1) is 0 Å². The van der Waals surface area contributed by atoms with Crippen molar-refractivity contribution in [3.05, 3.63) is 82.7 Å². The third-order valence-corrected chi connectivity index (χ3v) is 8.69. The van der Waals surface area contributed by atoms with Gasteiger partial charge in [0.25, 0.3) is 5.91 Å². The van der Waals surface area contributed by atoms with Gasteiger partial charge in [-0.1, -0.05) is 55.3 Å². The summed E-state index contributed by atoms with van der Waals surface area (Å²) in [7, 11) is 0. The Bertz CT molecular complexity index is 1440. The minimum Gasteiger partial charge on any atom is -0.479 e. The zero-order valence-corrected chi connectivity index (χ0v) is 25.5. The van der Waals surface area contributed by atoms with E-state index in [1.54, 1.807) is 0 Å². The van der Waals surface area contributed by atoms with Crippen LogP contribution in [0.5, 0.6) is 0 Å². The van der Waals surface area contributed by atoms with Crippen LogP contribution in [0.3, 0.4) is 0 Å². The summed E-state index contributed by atoms with van der Waals surface area (Å²) < 4.78 is 6.21. The molecule has 7 nitrogen and oxygen atoms in total. The molecule has 2 aliphatic rings. The number of amides is 1. The average Bonchev–Trinajstić information content (AvgIpc) is 3.59. The largest absolute Gasteiger partial charge is 0.479 e. The number of rotatable bonds is 8. The van der Waals surface area contributed by atoms with Gasteiger partial charge in [0.05, 0.1) is 11.3 Å². The van der Waals surface area contributed by atoms with Gasteiger partial charge < -0.3 is 20.1 Å². The normalized spacial score (nSPS) is 17.0. The van der Waals surface area contributed by atoms with Gasteiger partial charge in [0, 0.05) is 47.7 Å². The predicted molar refractivity (Wildman–Crippen MR) is 166 cm³/mol. The molecule has 1 saturated carbocycles. The second kappa shape index (κ2) is 11.9. The third-order valence-electron chi connectivity index (χ3n) is 8.69. The fraction of sp³-hybridized carbons (Fsp3) is 0.457. The standard InChI is InChI=1S/C35H43N3O4/c1-23-28(26-13-15-27(16-14-26)32(39)36-21-25-11-7-6-8-12-25)30(38-20-19-35(22-38)17-9-10-18-35)29(24(2)37-23)31(33(40)41)42-34(3,4)5/h6-8,11-16,31H,9-10,17-22H2,1-5H3,(H,36,39)(H,40,41). The minimum atomic E-state index is -1.16. The number of anilines is 1. The van der Waals surface area contributed by atoms with Gasteiger partial charge in [-0.25, -0.2) is 4.79 Å². The Morgan fingerprint density at radius 3 is 2.29 bits per heavy atom. The van der Waals surface area contributed by atoms with Crippen LogP contribution in [-0.4, -0.2) is 40.7 Å². The quantitative estimate of drug-likeness (QED) is 0.303. The molecule has 1 spiro atoms. The Balaban J connectivity index is 1.55. The van der Waals surface area contributed by atoms with Crippen molar-refractivity contribution in [1.82, 2.24) is 10.3 Å². The third kappa shape index (κ3) is 6.36. The first-order chi connectivity index (χ1) is 20.0. The van der Waals surface area contributed by atoms with Gasteiger partial charge in [0.1, 0.15) is 0 Å². The van der Waals surface area contributed by atoms with Crippen LogP contribution in [0, 0.1) is 19.3 Å². The summed E-state index contributed by atoms with van der Waals surface area (Å²) in [6.07, 6.45) is 4.87. The van der Waals surface area contributed by atoms with E-state index in [4.69, 9.17) is 9.72 Å². The van der Waals surface area contributed by atoms with Gasteiger partial charge in [0.2, 0.25) is 0 Å². The van der Waals surface area contributed by atoms with Crippen molar-refractivity contribution in [1.29, 1.82) is 0 Å². The van der Waals surface area contributed by atoms with Gasteiger partial charge in [-0.2, -0.15) is 0 Å². The number of nitrogens with zero attached hydrogens (tertiary/aromatic N) is 2. The fourth-order valence-corrected chi connectivity index (χ4v) is 6.75. The van der Waals surface area contributed by atoms with E-state index in [0.717, 1.165) is 47.6 Å². The second-order valence-electron chi connectivity index (χ2n) is 13.0. The number of carbonyl (C=O) groups is 2. The summed E-state index contributed by atoms with van der Waals surface area (Å²) in [5.74, 6) is -1.16. The van der Waals surface area contributed by atoms with E-state index in [1.165, 1.54) is 25.7 Å². The number of nitrogens with one attached hydrogen (secondary N) is 1. The average molecular weight is 570 g/mol. The van der Waals surface area contributed by atoms with Crippen molar-refractivity contribution in [3.8, 4) is 11.1 Å². The Hall–Kier alpha value is -3.71. The zero-order chi connectivity index (χ0) is 30.1. The van der Waals surface area contributed by atoms with Crippen molar-refractivity contribution in [3.63, 3.8) is 0 Å². The monoisotopic (exact) mass is 569 g/mol. The van der Waals surface area contributed by atoms with Crippen molar-refractivity contribution >= 4 is 17.6 Å². The zero-order valence-electron chi connectivity index (χ0n) is 25.5. The second-order valence-corrected chi connectivity index (χ2v) is 13.0. The number of hydrogen-bond donors (Lipinski definition) is 2. The van der Waals surface area contributed by atoms with E-state index in [1.807, 2.05) is 89.2 Å². The Morgan fingerprint density at radius 2 is 1.67 bits per heavy atom. The number of ether oxygens (including phenoxy) is 1. The molecule has 42 heavy (non-hydrogen) atoms. The van der Waals surface area contributed by atoms with Gasteiger partial charge in [-0.05, 0) is 82.6 Å². The molecule has 1 unspecified atom stereocenters. The molecule has 5 rings (SSSR count). The SMILES string of the molecule is Cc1nc(C)c(C(OC(C)(C)C)C(=O)O)c(N2CCC3(CCCC3)C2)c1-c1ccc(C(=O)NCc2ccccc2)cc1. The van der Waals surface area contributed by atoms with E-state index in [-0.39, 0.29) is 11.3 Å². The molecule has 7 heteroatoms. The molecular weight excluding hydrogens is 526 g/mol. The van der Waals surface area contributed by atoms with Crippen molar-refractivity contribution in [2.75, 3.05) is 18.0 Å². The highest BCUT2D eigenvalue weighted by molar-refractivity contribution is 5.95. The molecule has 222 valence electrons. The summed E-state index contributed by atoms with van der Waals surface area (Å²) in [5.41, 5.74) is 6.07. The number of aryl methyl sites for hydroxylation is 2. The van der Waals surface area contributed by atoms with Crippen LogP contribution < -0.4 is 10.2 Å². The Kier molecular flexibility index (Phi) is 8.42. The highest BCUT2D eigenvalue weighted by Crippen LogP contribution is 2.50. The molecule has 0 bridgehead atoms. The molecule has 1 aliphatic heterocycles. The van der Waals surface area contributed by atoms with Crippen LogP contribution in [-0.2, 0) is 16.1 Å². The molecule has 1 aromatic heterocycles. The maximum Gasteiger partial charge on any atom is 0.337 e. The van der Waals surface area contributed by atoms with Crippen LogP contribution in [0.1, 0.15) is 91.9 Å². The topological polar surface area (TPSA) is 91.8 Å². The fourth-order valence-electron chi connectivity index (χ4n) is 6.75. The molecule has 1 atom stereocenters. The van der Waals surface area contributed by atoms with Gasteiger partial charge in [0.15, 0.2) is 6.10 Å². The molecule has 2 N–H and O–H groups in total. The van der Waals surface area contributed by atoms with Crippen molar-refractivity contribution in [2.24, 2.45) is 5.41 Å². The number of carbonyl (C=O) groups excluding carboxylic acids is 1. The number of carboxylic acids is 1. The van der Waals surface area contributed by atoms with E-state index >= 15 is 0 Å². The highest BCUT2D eigenvalue weighted by atomic mass is 16.5. The summed E-state index contributed by atoms with van der Waals surface area (Å²) in [6.45, 7) is 11.7. The molecular formula is C35H43N3O4. The molecule has 1 saturated heterocycles. The molecule has 2 heterocycles. The lowest BCUT2D eigenvalue weighted by Gasteiger charge is -2.33. The lowest BCUT2D eigenvalue weighted by Crippen LogP contribution is -2.32. The smallest absolute Gasteiger partial charge is 0.337 e. The van der Waals surface area contributed by atoms with Crippen molar-refractivity contribution < 1.29 is 19.4 Å². The first kappa shape index (κ1) is 29.8. The molecule has 2 aromatic carbocycles. The van der Waals surface area contributed by atoms with E-state index in [9.17, 15) is 14.7 Å². The first-order valence-electron chi connectivity index (χ1n) is 15.1. The molecule has 1 aliphatic carbocycles. The molecule has 2 fully saturated rings. The number of pyridine rings is 1. The van der Waals surface area contributed by atoms with Crippen LogP contribution in [0.2, 0.25) is 0 Å². The van der Waals surface area contributed by atoms with Gasteiger partial charge >= 0.3 is 5.97 Å². The van der Waals surface area contributed by atoms with Crippen molar-refractivity contribution in [2.45, 2.75) is 85.0 Å². The summed E-state index contributed by atoms with van der Waals surface area (Å²) in [4.78, 5) is 32.9. The van der Waals surface area contributed by atoms with Gasteiger partial charge in [-0.3, -0.25) is 9.78 Å². The number of aromatic nitrogens is 1. The molecule has 3 aromatic rings. The summed E-state index contributed by atoms with van der Waals surface area (Å²) in [5, 5.41) is 13.4. The summed E-state index contributed by atoms with van der Waals surface area (Å²) in [6, 6.07) is 17.4. The van der Waals surface area contributed by atoms with Crippen LogP contribution >= 0.6 is 0 Å².